The van der Waals surface area contributed by atoms with E-state index in [0.717, 1.165) is 26.2 Å². The summed E-state index contributed by atoms with van der Waals surface area (Å²) in [6, 6.07) is 0.238. The molecule has 0 aromatic rings. The molecule has 1 heterocycles. The second-order valence-electron chi connectivity index (χ2n) is 4.25. The average molecular weight is 199 g/mol. The van der Waals surface area contributed by atoms with Crippen molar-refractivity contribution in [3.05, 3.63) is 7.05 Å². The minimum absolute atomic E-state index is 0.132. The van der Waals surface area contributed by atoms with Gasteiger partial charge in [-0.3, -0.25) is 9.69 Å². The van der Waals surface area contributed by atoms with Gasteiger partial charge in [-0.15, -0.1) is 0 Å². The van der Waals surface area contributed by atoms with E-state index in [1.165, 1.54) is 4.90 Å². The molecule has 0 aromatic heterocycles. The van der Waals surface area contributed by atoms with Crippen molar-refractivity contribution in [2.24, 2.45) is 0 Å². The van der Waals surface area contributed by atoms with Crippen LogP contribution in [0.5, 0.6) is 0 Å². The summed E-state index contributed by atoms with van der Waals surface area (Å²) in [5.74, 6) is 0.132. The molecule has 4 heteroatoms. The third-order valence-electron chi connectivity index (χ3n) is 2.38. The molecule has 2 N–H and O–H groups in total. The van der Waals surface area contributed by atoms with Crippen molar-refractivity contribution in [3.63, 3.8) is 0 Å². The molecule has 1 amide bonds. The SMILES string of the molecule is [CH2-][NH+]1CCN(CC(=O)NC(C)C)CC1. The van der Waals surface area contributed by atoms with Crippen LogP contribution in [0.4, 0.5) is 0 Å². The zero-order valence-corrected chi connectivity index (χ0v) is 9.18. The van der Waals surface area contributed by atoms with Gasteiger partial charge in [0, 0.05) is 19.1 Å². The lowest BCUT2D eigenvalue weighted by Gasteiger charge is -2.33. The molecule has 0 bridgehead atoms. The van der Waals surface area contributed by atoms with E-state index in [1.54, 1.807) is 0 Å². The fourth-order valence-electron chi connectivity index (χ4n) is 1.60. The highest BCUT2D eigenvalue weighted by molar-refractivity contribution is 5.78. The Labute approximate surface area is 86.2 Å². The van der Waals surface area contributed by atoms with Crippen LogP contribution >= 0.6 is 0 Å². The second kappa shape index (κ2) is 5.32. The largest absolute Gasteiger partial charge is 0.466 e. The zero-order chi connectivity index (χ0) is 10.6. The summed E-state index contributed by atoms with van der Waals surface area (Å²) < 4.78 is 0. The summed E-state index contributed by atoms with van der Waals surface area (Å²) in [7, 11) is 3.95. The second-order valence-corrected chi connectivity index (χ2v) is 4.25. The predicted molar refractivity (Wildman–Crippen MR) is 55.8 cm³/mol. The van der Waals surface area contributed by atoms with Crippen LogP contribution in [-0.2, 0) is 4.79 Å². The smallest absolute Gasteiger partial charge is 0.234 e. The van der Waals surface area contributed by atoms with E-state index in [2.05, 4.69) is 17.3 Å². The first-order valence-corrected chi connectivity index (χ1v) is 5.26. The lowest BCUT2D eigenvalue weighted by Crippen LogP contribution is -3.10. The highest BCUT2D eigenvalue weighted by atomic mass is 16.2. The van der Waals surface area contributed by atoms with Crippen molar-refractivity contribution in [1.29, 1.82) is 0 Å². The van der Waals surface area contributed by atoms with Crippen LogP contribution in [0.3, 0.4) is 0 Å². The summed E-state index contributed by atoms with van der Waals surface area (Å²) in [5.41, 5.74) is 0. The van der Waals surface area contributed by atoms with Gasteiger partial charge in [0.15, 0.2) is 0 Å². The Hall–Kier alpha value is -0.610. The third kappa shape index (κ3) is 4.07. The van der Waals surface area contributed by atoms with Crippen LogP contribution < -0.4 is 10.2 Å². The highest BCUT2D eigenvalue weighted by Gasteiger charge is 2.16. The van der Waals surface area contributed by atoms with E-state index in [9.17, 15) is 4.79 Å². The van der Waals surface area contributed by atoms with E-state index in [-0.39, 0.29) is 11.9 Å². The van der Waals surface area contributed by atoms with Gasteiger partial charge in [0.25, 0.3) is 0 Å². The van der Waals surface area contributed by atoms with Crippen LogP contribution in [0, 0.1) is 7.05 Å². The maximum atomic E-state index is 11.4. The number of hydrogen-bond acceptors (Lipinski definition) is 2. The quantitative estimate of drug-likeness (QED) is 0.543. The minimum Gasteiger partial charge on any atom is -0.466 e. The predicted octanol–water partition coefficient (Wildman–Crippen LogP) is -1.50. The number of rotatable bonds is 3. The number of nitrogens with one attached hydrogen (secondary N) is 2. The molecule has 82 valence electrons. The van der Waals surface area contributed by atoms with Gasteiger partial charge in [0.2, 0.25) is 5.91 Å². The van der Waals surface area contributed by atoms with E-state index in [1.807, 2.05) is 13.8 Å². The molecule has 1 fully saturated rings. The lowest BCUT2D eigenvalue weighted by atomic mass is 10.3. The molecule has 1 saturated heterocycles. The first kappa shape index (κ1) is 11.5. The molecule has 0 aromatic carbocycles. The number of piperazine rings is 1. The number of nitrogens with zero attached hydrogens (tertiary/aromatic N) is 1. The van der Waals surface area contributed by atoms with Gasteiger partial charge in [-0.05, 0) is 13.8 Å². The number of carbonyl (C=O) groups excluding carboxylic acids is 1. The molecular weight excluding hydrogens is 178 g/mol. The van der Waals surface area contributed by atoms with Crippen molar-refractivity contribution in [2.75, 3.05) is 32.7 Å². The fourth-order valence-corrected chi connectivity index (χ4v) is 1.60. The summed E-state index contributed by atoms with van der Waals surface area (Å²) in [6.45, 7) is 8.52. The zero-order valence-electron chi connectivity index (χ0n) is 9.18. The third-order valence-corrected chi connectivity index (χ3v) is 2.38. The molecule has 1 rings (SSSR count). The number of hydrogen-bond donors (Lipinski definition) is 2. The van der Waals surface area contributed by atoms with Crippen molar-refractivity contribution in [2.45, 2.75) is 19.9 Å². The Kier molecular flexibility index (Phi) is 4.35. The van der Waals surface area contributed by atoms with Crippen LogP contribution in [0.1, 0.15) is 13.8 Å². The topological polar surface area (TPSA) is 36.8 Å². The number of carbonyl (C=O) groups is 1. The van der Waals surface area contributed by atoms with Crippen LogP contribution in [0.2, 0.25) is 0 Å². The monoisotopic (exact) mass is 199 g/mol. The average Bonchev–Trinajstić information content (AvgIpc) is 2.07. The molecule has 1 aliphatic heterocycles. The van der Waals surface area contributed by atoms with Crippen LogP contribution in [0.15, 0.2) is 0 Å². The van der Waals surface area contributed by atoms with Gasteiger partial charge in [-0.1, -0.05) is 0 Å². The molecule has 4 nitrogen and oxygen atoms in total. The standard InChI is InChI=1S/C10H21N3O/c1-9(2)11-10(14)8-13-6-4-12(3)5-7-13/h9,12H,3-8H2,1-2H3,(H,11,14). The van der Waals surface area contributed by atoms with Crippen molar-refractivity contribution in [1.82, 2.24) is 10.2 Å². The molecule has 0 saturated carbocycles. The van der Waals surface area contributed by atoms with Gasteiger partial charge < -0.3 is 10.2 Å². The number of amides is 1. The lowest BCUT2D eigenvalue weighted by molar-refractivity contribution is -0.858. The van der Waals surface area contributed by atoms with E-state index < -0.39 is 0 Å². The molecule has 0 unspecified atom stereocenters. The van der Waals surface area contributed by atoms with Gasteiger partial charge in [-0.2, -0.15) is 7.05 Å². The molecule has 1 aliphatic rings. The molecular formula is C10H21N3O. The van der Waals surface area contributed by atoms with E-state index >= 15 is 0 Å². The van der Waals surface area contributed by atoms with Crippen molar-refractivity contribution < 1.29 is 9.69 Å². The first-order chi connectivity index (χ1) is 6.58. The molecule has 0 aliphatic carbocycles. The van der Waals surface area contributed by atoms with Crippen LogP contribution in [-0.4, -0.2) is 49.6 Å². The molecule has 14 heavy (non-hydrogen) atoms. The summed E-state index contributed by atoms with van der Waals surface area (Å²) in [5, 5.41) is 2.90. The Bertz CT molecular complexity index is 186. The van der Waals surface area contributed by atoms with E-state index in [4.69, 9.17) is 0 Å². The first-order valence-electron chi connectivity index (χ1n) is 5.26. The van der Waals surface area contributed by atoms with Gasteiger partial charge in [0.05, 0.1) is 19.6 Å². The minimum atomic E-state index is 0.132. The molecule has 0 spiro atoms. The van der Waals surface area contributed by atoms with Crippen LogP contribution in [0.25, 0.3) is 0 Å². The van der Waals surface area contributed by atoms with Gasteiger partial charge in [-0.25, -0.2) is 0 Å². The maximum absolute atomic E-state index is 11.4. The Morgan fingerprint density at radius 3 is 2.57 bits per heavy atom. The normalized spacial score (nSPS) is 20.0. The van der Waals surface area contributed by atoms with Crippen molar-refractivity contribution in [3.8, 4) is 0 Å². The summed E-state index contributed by atoms with van der Waals surface area (Å²) >= 11 is 0. The van der Waals surface area contributed by atoms with Crippen molar-refractivity contribution >= 4 is 5.91 Å². The summed E-state index contributed by atoms with van der Waals surface area (Å²) in [6.07, 6.45) is 0. The maximum Gasteiger partial charge on any atom is 0.234 e. The molecule has 0 atom stereocenters. The van der Waals surface area contributed by atoms with Gasteiger partial charge >= 0.3 is 0 Å². The highest BCUT2D eigenvalue weighted by Crippen LogP contribution is 1.89. The summed E-state index contributed by atoms with van der Waals surface area (Å²) in [4.78, 5) is 14.9. The Morgan fingerprint density at radius 1 is 1.50 bits per heavy atom. The Balaban J connectivity index is 2.20. The Morgan fingerprint density at radius 2 is 2.07 bits per heavy atom. The fraction of sp³-hybridized carbons (Fsp3) is 0.800. The molecule has 0 radical (unpaired) electrons. The van der Waals surface area contributed by atoms with Gasteiger partial charge in [0.1, 0.15) is 0 Å². The van der Waals surface area contributed by atoms with E-state index in [0.29, 0.717) is 6.54 Å². The number of quaternary nitrogens is 1.